The number of furan rings is 1. The van der Waals surface area contributed by atoms with Crippen LogP contribution in [0.5, 0.6) is 0 Å². The zero-order valence-corrected chi connectivity index (χ0v) is 11.8. The van der Waals surface area contributed by atoms with Crippen molar-refractivity contribution in [1.29, 1.82) is 0 Å². The molecule has 18 heavy (non-hydrogen) atoms. The fraction of sp³-hybridized carbons (Fsp3) is 0.538. The van der Waals surface area contributed by atoms with Crippen LogP contribution in [0.3, 0.4) is 0 Å². The third-order valence-corrected chi connectivity index (χ3v) is 3.11. The highest BCUT2D eigenvalue weighted by Gasteiger charge is 2.36. The van der Waals surface area contributed by atoms with Crippen molar-refractivity contribution in [2.45, 2.75) is 39.2 Å². The molecule has 1 saturated carbocycles. The monoisotopic (exact) mass is 265 g/mol. The summed E-state index contributed by atoms with van der Waals surface area (Å²) in [6.07, 6.45) is 2.87. The predicted molar refractivity (Wildman–Crippen MR) is 76.8 cm³/mol. The van der Waals surface area contributed by atoms with Gasteiger partial charge in [-0.3, -0.25) is 5.43 Å². The molecule has 1 aromatic rings. The Balaban J connectivity index is 1.82. The van der Waals surface area contributed by atoms with Gasteiger partial charge < -0.3 is 9.73 Å². The second-order valence-corrected chi connectivity index (χ2v) is 5.47. The van der Waals surface area contributed by atoms with Gasteiger partial charge in [-0.2, -0.15) is 5.10 Å². The number of hydrogen-bond acceptors (Lipinski definition) is 3. The molecule has 1 aliphatic carbocycles. The van der Waals surface area contributed by atoms with E-state index in [9.17, 15) is 0 Å². The molecule has 2 atom stereocenters. The van der Waals surface area contributed by atoms with Crippen molar-refractivity contribution in [2.24, 2.45) is 11.0 Å². The van der Waals surface area contributed by atoms with E-state index in [-0.39, 0.29) is 0 Å². The van der Waals surface area contributed by atoms with Crippen LogP contribution in [0, 0.1) is 5.92 Å². The normalized spacial score (nSPS) is 22.4. The topological polar surface area (TPSA) is 49.6 Å². The summed E-state index contributed by atoms with van der Waals surface area (Å²) >= 11 is 5.05. The minimum Gasteiger partial charge on any atom is -0.460 e. The standard InChI is InChI=1S/C13H19N3OS/c1-8(2)15-13(18)16-14-7-10-4-5-12(17-10)11-6-9(11)3/h4-5,7-9,11H,6H2,1-3H3,(H2,15,16,18)/b14-7-/t9-,11+/m0/s1. The van der Waals surface area contributed by atoms with Crippen LogP contribution >= 0.6 is 12.2 Å². The van der Waals surface area contributed by atoms with Crippen molar-refractivity contribution in [1.82, 2.24) is 10.7 Å². The van der Waals surface area contributed by atoms with Crippen LogP contribution in [0.2, 0.25) is 0 Å². The van der Waals surface area contributed by atoms with Crippen LogP contribution in [0.4, 0.5) is 0 Å². The Morgan fingerprint density at radius 2 is 2.28 bits per heavy atom. The smallest absolute Gasteiger partial charge is 0.187 e. The van der Waals surface area contributed by atoms with Gasteiger partial charge in [0.25, 0.3) is 0 Å². The maximum absolute atomic E-state index is 5.69. The highest BCUT2D eigenvalue weighted by molar-refractivity contribution is 7.80. The Morgan fingerprint density at radius 1 is 1.56 bits per heavy atom. The summed E-state index contributed by atoms with van der Waals surface area (Å²) < 4.78 is 5.69. The highest BCUT2D eigenvalue weighted by atomic mass is 32.1. The number of thiocarbonyl (C=S) groups is 1. The first-order valence-electron chi connectivity index (χ1n) is 6.25. The second kappa shape index (κ2) is 5.52. The van der Waals surface area contributed by atoms with Gasteiger partial charge >= 0.3 is 0 Å². The van der Waals surface area contributed by atoms with Crippen molar-refractivity contribution in [3.8, 4) is 0 Å². The van der Waals surface area contributed by atoms with E-state index in [1.807, 2.05) is 26.0 Å². The second-order valence-electron chi connectivity index (χ2n) is 5.06. The summed E-state index contributed by atoms with van der Waals surface area (Å²) in [5.74, 6) is 3.17. The number of nitrogens with zero attached hydrogens (tertiary/aromatic N) is 1. The molecule has 98 valence electrons. The van der Waals surface area contributed by atoms with Crippen LogP contribution < -0.4 is 10.7 Å². The molecular formula is C13H19N3OS. The predicted octanol–water partition coefficient (Wildman–Crippen LogP) is 2.61. The lowest BCUT2D eigenvalue weighted by molar-refractivity contribution is 0.500. The molecule has 4 nitrogen and oxygen atoms in total. The first-order valence-corrected chi connectivity index (χ1v) is 6.66. The molecule has 5 heteroatoms. The minimum atomic E-state index is 0.298. The first-order chi connectivity index (χ1) is 8.56. The molecule has 0 aliphatic heterocycles. The Hall–Kier alpha value is -1.36. The van der Waals surface area contributed by atoms with E-state index in [1.165, 1.54) is 6.42 Å². The molecule has 0 unspecified atom stereocenters. The van der Waals surface area contributed by atoms with Crippen molar-refractivity contribution in [3.63, 3.8) is 0 Å². The van der Waals surface area contributed by atoms with Gasteiger partial charge in [0.05, 0.1) is 6.21 Å². The molecule has 0 saturated heterocycles. The summed E-state index contributed by atoms with van der Waals surface area (Å²) in [6, 6.07) is 4.26. The largest absolute Gasteiger partial charge is 0.460 e. The van der Waals surface area contributed by atoms with E-state index in [0.29, 0.717) is 17.1 Å². The molecule has 1 heterocycles. The summed E-state index contributed by atoms with van der Waals surface area (Å²) in [5.41, 5.74) is 2.76. The van der Waals surface area contributed by atoms with Gasteiger partial charge in [-0.15, -0.1) is 0 Å². The molecule has 0 radical (unpaired) electrons. The zero-order valence-electron chi connectivity index (χ0n) is 10.9. The lowest BCUT2D eigenvalue weighted by Gasteiger charge is -2.08. The summed E-state index contributed by atoms with van der Waals surface area (Å²) in [4.78, 5) is 0. The Morgan fingerprint density at radius 3 is 2.89 bits per heavy atom. The third kappa shape index (κ3) is 3.57. The summed E-state index contributed by atoms with van der Waals surface area (Å²) in [5, 5.41) is 7.60. The highest BCUT2D eigenvalue weighted by Crippen LogP contribution is 2.47. The van der Waals surface area contributed by atoms with Crippen molar-refractivity contribution in [2.75, 3.05) is 0 Å². The van der Waals surface area contributed by atoms with Gasteiger partial charge in [-0.25, -0.2) is 0 Å². The molecular weight excluding hydrogens is 246 g/mol. The Kier molecular flexibility index (Phi) is 4.01. The van der Waals surface area contributed by atoms with Crippen LogP contribution in [-0.2, 0) is 0 Å². The molecule has 1 aromatic heterocycles. The minimum absolute atomic E-state index is 0.298. The molecule has 0 spiro atoms. The van der Waals surface area contributed by atoms with E-state index in [4.69, 9.17) is 16.6 Å². The van der Waals surface area contributed by atoms with Gasteiger partial charge in [0.15, 0.2) is 5.11 Å². The SMILES string of the molecule is CC(C)NC(=S)N/N=C\c1ccc([C@@H]2C[C@@H]2C)o1. The fourth-order valence-electron chi connectivity index (χ4n) is 1.80. The number of hydrogen-bond donors (Lipinski definition) is 2. The fourth-order valence-corrected chi connectivity index (χ4v) is 2.09. The molecule has 2 N–H and O–H groups in total. The maximum Gasteiger partial charge on any atom is 0.187 e. The molecule has 2 rings (SSSR count). The molecule has 0 bridgehead atoms. The van der Waals surface area contributed by atoms with E-state index < -0.39 is 0 Å². The van der Waals surface area contributed by atoms with E-state index in [1.54, 1.807) is 6.21 Å². The van der Waals surface area contributed by atoms with Crippen LogP contribution in [0.1, 0.15) is 44.6 Å². The Bertz CT molecular complexity index is 453. The molecule has 1 fully saturated rings. The van der Waals surface area contributed by atoms with Gasteiger partial charge in [-0.1, -0.05) is 6.92 Å². The number of nitrogens with one attached hydrogen (secondary N) is 2. The zero-order chi connectivity index (χ0) is 13.1. The molecule has 1 aliphatic rings. The van der Waals surface area contributed by atoms with Crippen molar-refractivity contribution in [3.05, 3.63) is 23.7 Å². The van der Waals surface area contributed by atoms with Gasteiger partial charge in [0.1, 0.15) is 11.5 Å². The Labute approximate surface area is 113 Å². The van der Waals surface area contributed by atoms with E-state index in [2.05, 4.69) is 22.8 Å². The quantitative estimate of drug-likeness (QED) is 0.499. The lowest BCUT2D eigenvalue weighted by Crippen LogP contribution is -2.36. The molecule has 0 amide bonds. The van der Waals surface area contributed by atoms with Crippen molar-refractivity contribution >= 4 is 23.5 Å². The van der Waals surface area contributed by atoms with E-state index in [0.717, 1.165) is 17.4 Å². The number of rotatable bonds is 4. The maximum atomic E-state index is 5.69. The average Bonchev–Trinajstić information content (AvgIpc) is 2.83. The first kappa shape index (κ1) is 13.1. The van der Waals surface area contributed by atoms with E-state index >= 15 is 0 Å². The third-order valence-electron chi connectivity index (χ3n) is 2.90. The van der Waals surface area contributed by atoms with Gasteiger partial charge in [-0.05, 0) is 50.5 Å². The number of hydrazone groups is 1. The molecule has 0 aromatic carbocycles. The lowest BCUT2D eigenvalue weighted by atomic mass is 10.3. The van der Waals surface area contributed by atoms with Crippen LogP contribution in [-0.4, -0.2) is 17.4 Å². The average molecular weight is 265 g/mol. The summed E-state index contributed by atoms with van der Waals surface area (Å²) in [6.45, 7) is 6.28. The van der Waals surface area contributed by atoms with Crippen LogP contribution in [0.15, 0.2) is 21.7 Å². The van der Waals surface area contributed by atoms with Crippen LogP contribution in [0.25, 0.3) is 0 Å². The summed E-state index contributed by atoms with van der Waals surface area (Å²) in [7, 11) is 0. The van der Waals surface area contributed by atoms with Gasteiger partial charge in [0.2, 0.25) is 0 Å². The van der Waals surface area contributed by atoms with Crippen molar-refractivity contribution < 1.29 is 4.42 Å². The van der Waals surface area contributed by atoms with Gasteiger partial charge in [0, 0.05) is 12.0 Å².